The van der Waals surface area contributed by atoms with Gasteiger partial charge < -0.3 is 9.64 Å². The van der Waals surface area contributed by atoms with Gasteiger partial charge in [-0.2, -0.15) is 0 Å². The zero-order valence-electron chi connectivity index (χ0n) is 12.6. The minimum Gasteiger partial charge on any atom is -0.482 e. The number of amides is 2. The predicted octanol–water partition coefficient (Wildman–Crippen LogP) is 2.04. The van der Waals surface area contributed by atoms with Crippen molar-refractivity contribution in [3.8, 4) is 5.75 Å². The summed E-state index contributed by atoms with van der Waals surface area (Å²) in [4.78, 5) is 25.4. The molecule has 2 aromatic rings. The van der Waals surface area contributed by atoms with E-state index in [0.717, 1.165) is 11.1 Å². The molecular weight excluding hydrogens is 296 g/mol. The topological polar surface area (TPSA) is 78.9 Å². The van der Waals surface area contributed by atoms with Gasteiger partial charge in [-0.15, -0.1) is 0 Å². The van der Waals surface area contributed by atoms with Gasteiger partial charge in [-0.1, -0.05) is 29.8 Å². The van der Waals surface area contributed by atoms with Crippen molar-refractivity contribution in [2.75, 3.05) is 11.5 Å². The molecule has 0 atom stereocenters. The Hall–Kier alpha value is -2.86. The first kappa shape index (κ1) is 15.1. The van der Waals surface area contributed by atoms with Gasteiger partial charge in [0.25, 0.3) is 11.8 Å². The maximum atomic E-state index is 12.2. The average Bonchev–Trinajstić information content (AvgIpc) is 2.56. The second-order valence-electron chi connectivity index (χ2n) is 5.38. The molecule has 1 aliphatic heterocycles. The maximum Gasteiger partial charge on any atom is 0.274 e. The van der Waals surface area contributed by atoms with Crippen molar-refractivity contribution in [2.24, 2.45) is 0 Å². The van der Waals surface area contributed by atoms with Crippen molar-refractivity contribution in [1.29, 1.82) is 0 Å². The highest BCUT2D eigenvalue weighted by molar-refractivity contribution is 6.01. The average molecular weight is 312 g/mol. The van der Waals surface area contributed by atoms with E-state index in [2.05, 4.69) is 0 Å². The molecule has 6 heteroatoms. The van der Waals surface area contributed by atoms with Crippen LogP contribution >= 0.6 is 0 Å². The molecule has 0 fully saturated rings. The molecule has 1 heterocycles. The predicted molar refractivity (Wildman–Crippen MR) is 83.6 cm³/mol. The van der Waals surface area contributed by atoms with E-state index in [-0.39, 0.29) is 18.1 Å². The van der Waals surface area contributed by atoms with Gasteiger partial charge in [-0.05, 0) is 30.7 Å². The van der Waals surface area contributed by atoms with Crippen molar-refractivity contribution in [3.05, 3.63) is 59.2 Å². The zero-order chi connectivity index (χ0) is 16.4. The summed E-state index contributed by atoms with van der Waals surface area (Å²) in [5, 5.41) is 8.76. The van der Waals surface area contributed by atoms with E-state index in [1.165, 1.54) is 12.1 Å². The highest BCUT2D eigenvalue weighted by Gasteiger charge is 2.26. The number of nitrogens with zero attached hydrogens (tertiary/aromatic N) is 1. The third-order valence-corrected chi connectivity index (χ3v) is 3.69. The standard InChI is InChI=1S/C17H16N2O4/c1-11-3-2-4-12(7-11)9-19-14-8-13(17(21)18-22)5-6-15(14)23-10-16(19)20/h2-8,22H,9-10H2,1H3,(H,18,21). The minimum absolute atomic E-state index is 0.0373. The Kier molecular flexibility index (Phi) is 3.99. The normalized spacial score (nSPS) is 13.3. The Bertz CT molecular complexity index is 773. The molecule has 0 saturated carbocycles. The Morgan fingerprint density at radius 2 is 2.13 bits per heavy atom. The Labute approximate surface area is 133 Å². The maximum absolute atomic E-state index is 12.2. The van der Waals surface area contributed by atoms with Crippen LogP contribution in [0, 0.1) is 6.92 Å². The fraction of sp³-hybridized carbons (Fsp3) is 0.176. The van der Waals surface area contributed by atoms with Crippen molar-refractivity contribution in [2.45, 2.75) is 13.5 Å². The van der Waals surface area contributed by atoms with Crippen molar-refractivity contribution in [3.63, 3.8) is 0 Å². The van der Waals surface area contributed by atoms with Crippen molar-refractivity contribution in [1.82, 2.24) is 5.48 Å². The van der Waals surface area contributed by atoms with Gasteiger partial charge in [0.15, 0.2) is 6.61 Å². The van der Waals surface area contributed by atoms with E-state index < -0.39 is 5.91 Å². The molecule has 23 heavy (non-hydrogen) atoms. The zero-order valence-corrected chi connectivity index (χ0v) is 12.6. The summed E-state index contributed by atoms with van der Waals surface area (Å²) in [6, 6.07) is 12.6. The highest BCUT2D eigenvalue weighted by atomic mass is 16.5. The first-order valence-electron chi connectivity index (χ1n) is 7.15. The number of rotatable bonds is 3. The van der Waals surface area contributed by atoms with E-state index >= 15 is 0 Å². The lowest BCUT2D eigenvalue weighted by molar-refractivity contribution is -0.121. The number of benzene rings is 2. The number of anilines is 1. The summed E-state index contributed by atoms with van der Waals surface area (Å²) in [5.74, 6) is -0.284. The molecule has 0 saturated heterocycles. The molecule has 2 aromatic carbocycles. The lowest BCUT2D eigenvalue weighted by Gasteiger charge is -2.30. The van der Waals surface area contributed by atoms with Crippen LogP contribution in [0.25, 0.3) is 0 Å². The first-order chi connectivity index (χ1) is 11.1. The van der Waals surface area contributed by atoms with Crippen LogP contribution in [0.2, 0.25) is 0 Å². The van der Waals surface area contributed by atoms with Gasteiger partial charge in [0.1, 0.15) is 5.75 Å². The molecule has 0 radical (unpaired) electrons. The van der Waals surface area contributed by atoms with E-state index in [4.69, 9.17) is 9.94 Å². The number of ether oxygens (including phenoxy) is 1. The molecule has 3 rings (SSSR count). The monoisotopic (exact) mass is 312 g/mol. The van der Waals surface area contributed by atoms with E-state index in [1.807, 2.05) is 31.2 Å². The van der Waals surface area contributed by atoms with Gasteiger partial charge in [-0.25, -0.2) is 5.48 Å². The summed E-state index contributed by atoms with van der Waals surface area (Å²) in [6.45, 7) is 2.34. The Morgan fingerprint density at radius 1 is 1.30 bits per heavy atom. The number of aryl methyl sites for hydroxylation is 1. The second kappa shape index (κ2) is 6.10. The third kappa shape index (κ3) is 3.02. The van der Waals surface area contributed by atoms with Crippen LogP contribution in [0.1, 0.15) is 21.5 Å². The molecule has 1 aliphatic rings. The number of fused-ring (bicyclic) bond motifs is 1. The van der Waals surface area contributed by atoms with Gasteiger partial charge in [0.05, 0.1) is 12.2 Å². The van der Waals surface area contributed by atoms with Crippen molar-refractivity contribution < 1.29 is 19.5 Å². The van der Waals surface area contributed by atoms with E-state index in [1.54, 1.807) is 16.4 Å². The van der Waals surface area contributed by atoms with Crippen molar-refractivity contribution >= 4 is 17.5 Å². The number of nitrogens with one attached hydrogen (secondary N) is 1. The largest absolute Gasteiger partial charge is 0.482 e. The van der Waals surface area contributed by atoms with Gasteiger partial charge >= 0.3 is 0 Å². The number of hydroxylamine groups is 1. The molecule has 0 unspecified atom stereocenters. The lowest BCUT2D eigenvalue weighted by atomic mass is 10.1. The number of hydrogen-bond acceptors (Lipinski definition) is 4. The van der Waals surface area contributed by atoms with Crippen LogP contribution in [0.4, 0.5) is 5.69 Å². The fourth-order valence-corrected chi connectivity index (χ4v) is 2.57. The van der Waals surface area contributed by atoms with Crippen LogP contribution in [-0.2, 0) is 11.3 Å². The molecule has 2 amide bonds. The van der Waals surface area contributed by atoms with Crippen LogP contribution in [0.3, 0.4) is 0 Å². The summed E-state index contributed by atoms with van der Waals surface area (Å²) in [6.07, 6.45) is 0. The molecule has 2 N–H and O–H groups in total. The van der Waals surface area contributed by atoms with E-state index in [9.17, 15) is 9.59 Å². The SMILES string of the molecule is Cc1cccc(CN2C(=O)COc3ccc(C(=O)NO)cc32)c1. The molecule has 0 bridgehead atoms. The van der Waals surface area contributed by atoms with Gasteiger partial charge in [0, 0.05) is 5.56 Å². The number of carbonyl (C=O) groups excluding carboxylic acids is 2. The van der Waals surface area contributed by atoms with Crippen LogP contribution in [0.15, 0.2) is 42.5 Å². The smallest absolute Gasteiger partial charge is 0.274 e. The van der Waals surface area contributed by atoms with Crippen LogP contribution in [-0.4, -0.2) is 23.6 Å². The van der Waals surface area contributed by atoms with Crippen LogP contribution < -0.4 is 15.1 Å². The van der Waals surface area contributed by atoms with Crippen LogP contribution in [0.5, 0.6) is 5.75 Å². The molecule has 0 aromatic heterocycles. The molecular formula is C17H16N2O4. The quantitative estimate of drug-likeness (QED) is 0.671. The minimum atomic E-state index is -0.638. The summed E-state index contributed by atoms with van der Waals surface area (Å²) >= 11 is 0. The molecule has 0 aliphatic carbocycles. The summed E-state index contributed by atoms with van der Waals surface area (Å²) in [7, 11) is 0. The molecule has 0 spiro atoms. The van der Waals surface area contributed by atoms with E-state index in [0.29, 0.717) is 18.0 Å². The lowest BCUT2D eigenvalue weighted by Crippen LogP contribution is -2.38. The Balaban J connectivity index is 1.98. The summed E-state index contributed by atoms with van der Waals surface area (Å²) < 4.78 is 5.41. The highest BCUT2D eigenvalue weighted by Crippen LogP contribution is 2.34. The Morgan fingerprint density at radius 3 is 2.87 bits per heavy atom. The summed E-state index contributed by atoms with van der Waals surface area (Å²) in [5.41, 5.74) is 4.45. The van der Waals surface area contributed by atoms with Gasteiger partial charge in [0.2, 0.25) is 0 Å². The van der Waals surface area contributed by atoms with Gasteiger partial charge in [-0.3, -0.25) is 14.8 Å². The third-order valence-electron chi connectivity index (χ3n) is 3.69. The second-order valence-corrected chi connectivity index (χ2v) is 5.38. The first-order valence-corrected chi connectivity index (χ1v) is 7.15. The number of carbonyl (C=O) groups is 2. The fourth-order valence-electron chi connectivity index (χ4n) is 2.57. The molecule has 118 valence electrons. The number of hydrogen-bond donors (Lipinski definition) is 2. The molecule has 6 nitrogen and oxygen atoms in total.